The fourth-order valence-electron chi connectivity index (χ4n) is 3.98. The largest absolute Gasteiger partial charge is 0.478 e. The minimum atomic E-state index is -0.267. The quantitative estimate of drug-likeness (QED) is 0.546. The molecule has 4 nitrogen and oxygen atoms in total. The van der Waals surface area contributed by atoms with Crippen LogP contribution in [0.25, 0.3) is 0 Å². The fourth-order valence-corrected chi connectivity index (χ4v) is 4.15. The summed E-state index contributed by atoms with van der Waals surface area (Å²) in [6, 6.07) is 10.3. The molecule has 2 aromatic carbocycles. The van der Waals surface area contributed by atoms with Crippen molar-refractivity contribution in [2.24, 2.45) is 0 Å². The molecule has 3 rings (SSSR count). The second-order valence-electron chi connectivity index (χ2n) is 8.61. The Morgan fingerprint density at radius 1 is 1.23 bits per heavy atom. The Balaban J connectivity index is 1.75. The lowest BCUT2D eigenvalue weighted by molar-refractivity contribution is 0.0281. The van der Waals surface area contributed by atoms with E-state index in [9.17, 15) is 9.18 Å². The smallest absolute Gasteiger partial charge is 0.147 e. The van der Waals surface area contributed by atoms with Gasteiger partial charge in [-0.05, 0) is 67.6 Å². The number of hydrogen-bond acceptors (Lipinski definition) is 4. The monoisotopic (exact) mass is 444 g/mol. The van der Waals surface area contributed by atoms with Crippen molar-refractivity contribution >= 4 is 17.5 Å². The number of aryl methyl sites for hydroxylation is 1. The number of piperazine rings is 1. The Hall–Kier alpha value is -2.33. The second kappa shape index (κ2) is 9.86. The summed E-state index contributed by atoms with van der Waals surface area (Å²) in [7, 11) is 0. The van der Waals surface area contributed by atoms with Gasteiger partial charge in [0, 0.05) is 24.2 Å². The van der Waals surface area contributed by atoms with Gasteiger partial charge < -0.3 is 9.64 Å². The number of rotatable bonds is 6. The summed E-state index contributed by atoms with van der Waals surface area (Å²) in [6.45, 7) is 11.9. The molecule has 6 heteroatoms. The third kappa shape index (κ3) is 5.30. The molecule has 31 heavy (non-hydrogen) atoms. The highest BCUT2D eigenvalue weighted by atomic mass is 35.5. The van der Waals surface area contributed by atoms with E-state index in [1.54, 1.807) is 12.1 Å². The molecule has 0 spiro atoms. The van der Waals surface area contributed by atoms with E-state index >= 15 is 0 Å². The molecule has 2 atom stereocenters. The summed E-state index contributed by atoms with van der Waals surface area (Å²) >= 11 is 6.31. The molecule has 1 heterocycles. The zero-order valence-electron chi connectivity index (χ0n) is 18.8. The van der Waals surface area contributed by atoms with E-state index in [1.807, 2.05) is 30.9 Å². The van der Waals surface area contributed by atoms with Crippen LogP contribution in [-0.4, -0.2) is 41.1 Å². The highest BCUT2D eigenvalue weighted by Gasteiger charge is 2.34. The Bertz CT molecular complexity index is 970. The van der Waals surface area contributed by atoms with Gasteiger partial charge in [0.05, 0.1) is 6.04 Å². The molecule has 0 aromatic heterocycles. The standard InChI is InChI=1S/C25H30ClFN2O2/c1-16(2)22-11-23(26)17(3)10-25(22)31-15-28-12-18(4)29(24(14-30)19(28)5)13-20-6-8-21(27)9-7-20/h6-11,16,18-19H,12-13,15H2,1-5H3/t18-,19+/m0/s1. The van der Waals surface area contributed by atoms with Crippen molar-refractivity contribution < 1.29 is 13.9 Å². The Kier molecular flexibility index (Phi) is 7.42. The van der Waals surface area contributed by atoms with Crippen molar-refractivity contribution in [2.75, 3.05) is 13.3 Å². The van der Waals surface area contributed by atoms with Gasteiger partial charge in [-0.1, -0.05) is 37.6 Å². The maximum Gasteiger partial charge on any atom is 0.147 e. The molecule has 0 radical (unpaired) electrons. The molecule has 0 saturated carbocycles. The zero-order valence-corrected chi connectivity index (χ0v) is 19.5. The normalized spacial score (nSPS) is 19.6. The van der Waals surface area contributed by atoms with Crippen molar-refractivity contribution in [2.45, 2.75) is 59.2 Å². The van der Waals surface area contributed by atoms with E-state index in [0.29, 0.717) is 19.0 Å². The average Bonchev–Trinajstić information content (AvgIpc) is 2.73. The number of halogens is 2. The van der Waals surface area contributed by atoms with Gasteiger partial charge in [0.25, 0.3) is 0 Å². The van der Waals surface area contributed by atoms with Gasteiger partial charge in [-0.25, -0.2) is 9.18 Å². The van der Waals surface area contributed by atoms with E-state index in [1.165, 1.54) is 12.1 Å². The van der Waals surface area contributed by atoms with Gasteiger partial charge in [-0.2, -0.15) is 0 Å². The van der Waals surface area contributed by atoms with Gasteiger partial charge in [-0.15, -0.1) is 0 Å². The minimum absolute atomic E-state index is 0.0813. The Morgan fingerprint density at radius 3 is 2.52 bits per heavy atom. The van der Waals surface area contributed by atoms with Gasteiger partial charge in [-0.3, -0.25) is 4.90 Å². The van der Waals surface area contributed by atoms with E-state index in [4.69, 9.17) is 16.3 Å². The fraction of sp³-hybridized carbons (Fsp3) is 0.440. The lowest BCUT2D eigenvalue weighted by atomic mass is 10.0. The molecule has 0 aliphatic carbocycles. The summed E-state index contributed by atoms with van der Waals surface area (Å²) in [5.74, 6) is 2.98. The molecule has 0 N–H and O–H groups in total. The van der Waals surface area contributed by atoms with Crippen molar-refractivity contribution in [1.29, 1.82) is 0 Å². The van der Waals surface area contributed by atoms with Crippen molar-refractivity contribution in [3.63, 3.8) is 0 Å². The van der Waals surface area contributed by atoms with E-state index < -0.39 is 0 Å². The number of nitrogens with zero attached hydrogens (tertiary/aromatic N) is 2. The predicted octanol–water partition coefficient (Wildman–Crippen LogP) is 5.56. The molecule has 1 aliphatic heterocycles. The molecule has 1 saturated heterocycles. The van der Waals surface area contributed by atoms with Crippen LogP contribution in [0.3, 0.4) is 0 Å². The molecule has 0 unspecified atom stereocenters. The van der Waals surface area contributed by atoms with Crippen molar-refractivity contribution in [3.8, 4) is 5.75 Å². The summed E-state index contributed by atoms with van der Waals surface area (Å²) in [4.78, 5) is 16.1. The molecular formula is C25H30ClFN2O2. The van der Waals surface area contributed by atoms with Crippen molar-refractivity contribution in [3.05, 3.63) is 69.6 Å². The van der Waals surface area contributed by atoms with Gasteiger partial charge in [0.1, 0.15) is 29.9 Å². The first-order valence-corrected chi connectivity index (χ1v) is 11.0. The maximum atomic E-state index is 13.2. The second-order valence-corrected chi connectivity index (χ2v) is 9.01. The highest BCUT2D eigenvalue weighted by Crippen LogP contribution is 2.33. The lowest BCUT2D eigenvalue weighted by Crippen LogP contribution is -2.55. The van der Waals surface area contributed by atoms with Gasteiger partial charge in [0.2, 0.25) is 0 Å². The van der Waals surface area contributed by atoms with Crippen LogP contribution >= 0.6 is 11.6 Å². The van der Waals surface area contributed by atoms with Crippen LogP contribution < -0.4 is 4.74 Å². The summed E-state index contributed by atoms with van der Waals surface area (Å²) in [5, 5.41) is 0.735. The first-order valence-electron chi connectivity index (χ1n) is 10.6. The lowest BCUT2D eigenvalue weighted by Gasteiger charge is -2.45. The molecule has 2 aromatic rings. The molecular weight excluding hydrogens is 415 g/mol. The Morgan fingerprint density at radius 2 is 1.90 bits per heavy atom. The van der Waals surface area contributed by atoms with Crippen LogP contribution in [0.15, 0.2) is 42.1 Å². The van der Waals surface area contributed by atoms with E-state index in [0.717, 1.165) is 34.0 Å². The van der Waals surface area contributed by atoms with Crippen LogP contribution in [-0.2, 0) is 11.3 Å². The zero-order chi connectivity index (χ0) is 22.7. The number of benzene rings is 2. The molecule has 166 valence electrons. The minimum Gasteiger partial charge on any atom is -0.478 e. The third-order valence-corrected chi connectivity index (χ3v) is 6.36. The van der Waals surface area contributed by atoms with Crippen LogP contribution in [0.1, 0.15) is 50.3 Å². The number of ether oxygens (including phenoxy) is 1. The van der Waals surface area contributed by atoms with Crippen LogP contribution in [0.5, 0.6) is 5.75 Å². The summed E-state index contributed by atoms with van der Waals surface area (Å²) in [6.07, 6.45) is 0. The number of hydrogen-bond donors (Lipinski definition) is 0. The molecule has 1 aliphatic rings. The number of carbonyl (C=O) groups excluding carboxylic acids is 1. The van der Waals surface area contributed by atoms with Crippen LogP contribution in [0.2, 0.25) is 5.02 Å². The summed E-state index contributed by atoms with van der Waals surface area (Å²) < 4.78 is 19.5. The highest BCUT2D eigenvalue weighted by molar-refractivity contribution is 6.31. The van der Waals surface area contributed by atoms with Crippen LogP contribution in [0, 0.1) is 12.7 Å². The maximum absolute atomic E-state index is 13.2. The molecule has 0 bridgehead atoms. The van der Waals surface area contributed by atoms with E-state index in [2.05, 4.69) is 31.6 Å². The first-order chi connectivity index (χ1) is 14.7. The Labute approximate surface area is 189 Å². The van der Waals surface area contributed by atoms with Gasteiger partial charge >= 0.3 is 0 Å². The van der Waals surface area contributed by atoms with Crippen LogP contribution in [0.4, 0.5) is 4.39 Å². The van der Waals surface area contributed by atoms with Crippen molar-refractivity contribution in [1.82, 2.24) is 9.80 Å². The summed E-state index contributed by atoms with van der Waals surface area (Å²) in [5.41, 5.74) is 3.58. The predicted molar refractivity (Wildman–Crippen MR) is 123 cm³/mol. The van der Waals surface area contributed by atoms with E-state index in [-0.39, 0.29) is 23.8 Å². The third-order valence-electron chi connectivity index (χ3n) is 5.95. The SMILES string of the molecule is Cc1cc(OCN2C[C@H](C)N(Cc3ccc(F)cc3)C(=C=O)[C@H]2C)c(C(C)C)cc1Cl. The first kappa shape index (κ1) is 23.3. The average molecular weight is 445 g/mol. The topological polar surface area (TPSA) is 32.8 Å². The molecule has 0 amide bonds. The molecule has 1 fully saturated rings. The van der Waals surface area contributed by atoms with Gasteiger partial charge in [0.15, 0.2) is 0 Å².